The summed E-state index contributed by atoms with van der Waals surface area (Å²) in [5.41, 5.74) is 0. The van der Waals surface area contributed by atoms with Crippen LogP contribution in [0.3, 0.4) is 0 Å². The summed E-state index contributed by atoms with van der Waals surface area (Å²) in [7, 11) is 1.35. The van der Waals surface area contributed by atoms with Crippen LogP contribution in [0.15, 0.2) is 0 Å². The Morgan fingerprint density at radius 1 is 1.38 bits per heavy atom. The van der Waals surface area contributed by atoms with Crippen LogP contribution in [0.2, 0.25) is 0 Å². The second-order valence-corrected chi connectivity index (χ2v) is 3.75. The van der Waals surface area contributed by atoms with E-state index in [9.17, 15) is 4.79 Å². The second kappa shape index (κ2) is 3.54. The van der Waals surface area contributed by atoms with E-state index in [0.29, 0.717) is 5.92 Å². The van der Waals surface area contributed by atoms with Gasteiger partial charge in [0.25, 0.3) is 0 Å². The molecule has 0 saturated carbocycles. The molecule has 0 aromatic rings. The van der Waals surface area contributed by atoms with E-state index in [1.165, 1.54) is 7.11 Å². The van der Waals surface area contributed by atoms with E-state index in [1.807, 2.05) is 0 Å². The lowest BCUT2D eigenvalue weighted by molar-refractivity contribution is -0.0536. The van der Waals surface area contributed by atoms with Crippen molar-refractivity contribution < 1.29 is 14.3 Å². The van der Waals surface area contributed by atoms with E-state index in [2.05, 4.69) is 9.64 Å². The summed E-state index contributed by atoms with van der Waals surface area (Å²) in [4.78, 5) is 13.2. The van der Waals surface area contributed by atoms with Gasteiger partial charge in [-0.15, -0.1) is 0 Å². The number of fused-ring (bicyclic) bond motifs is 3. The molecule has 3 aliphatic rings. The summed E-state index contributed by atoms with van der Waals surface area (Å²) >= 11 is 0. The SMILES string of the molecule is COC(=O)O[C@H]1CN2CCC1CC2. The second-order valence-electron chi connectivity index (χ2n) is 3.75. The van der Waals surface area contributed by atoms with Gasteiger partial charge >= 0.3 is 6.16 Å². The van der Waals surface area contributed by atoms with Gasteiger partial charge in [0.15, 0.2) is 0 Å². The largest absolute Gasteiger partial charge is 0.508 e. The normalized spacial score (nSPS) is 37.2. The maximum absolute atomic E-state index is 10.9. The lowest BCUT2D eigenvalue weighted by Crippen LogP contribution is -2.51. The third-order valence-corrected chi connectivity index (χ3v) is 3.01. The van der Waals surface area contributed by atoms with Gasteiger partial charge in [-0.2, -0.15) is 0 Å². The number of piperidine rings is 3. The molecule has 0 N–H and O–H groups in total. The van der Waals surface area contributed by atoms with Gasteiger partial charge in [-0.1, -0.05) is 0 Å². The van der Waals surface area contributed by atoms with Gasteiger partial charge < -0.3 is 9.47 Å². The molecule has 3 saturated heterocycles. The number of hydrogen-bond acceptors (Lipinski definition) is 4. The fourth-order valence-corrected chi connectivity index (χ4v) is 2.22. The van der Waals surface area contributed by atoms with Crippen molar-refractivity contribution >= 4 is 6.16 Å². The zero-order valence-electron chi connectivity index (χ0n) is 7.86. The summed E-state index contributed by atoms with van der Waals surface area (Å²) in [6.45, 7) is 3.21. The predicted octanol–water partition coefficient (Wildman–Crippen LogP) is 0.864. The van der Waals surface area contributed by atoms with Gasteiger partial charge in [-0.3, -0.25) is 4.90 Å². The van der Waals surface area contributed by atoms with Crippen molar-refractivity contribution in [3.05, 3.63) is 0 Å². The molecule has 4 heteroatoms. The summed E-state index contributed by atoms with van der Waals surface area (Å²) in [5, 5.41) is 0. The molecular formula is C9H15NO3. The first-order valence-corrected chi connectivity index (χ1v) is 4.76. The highest BCUT2D eigenvalue weighted by Gasteiger charge is 2.36. The minimum Gasteiger partial charge on any atom is -0.438 e. The molecule has 0 unspecified atom stereocenters. The van der Waals surface area contributed by atoms with E-state index < -0.39 is 6.16 Å². The smallest absolute Gasteiger partial charge is 0.438 e. The molecule has 2 bridgehead atoms. The lowest BCUT2D eigenvalue weighted by Gasteiger charge is -2.43. The van der Waals surface area contributed by atoms with E-state index >= 15 is 0 Å². The molecule has 3 heterocycles. The molecule has 0 spiro atoms. The average Bonchev–Trinajstić information content (AvgIpc) is 2.19. The van der Waals surface area contributed by atoms with Crippen LogP contribution in [-0.4, -0.2) is 43.9 Å². The van der Waals surface area contributed by atoms with Crippen molar-refractivity contribution in [2.24, 2.45) is 5.92 Å². The molecule has 0 aromatic carbocycles. The monoisotopic (exact) mass is 185 g/mol. The Balaban J connectivity index is 1.90. The van der Waals surface area contributed by atoms with Gasteiger partial charge in [-0.05, 0) is 31.8 Å². The molecule has 3 rings (SSSR count). The maximum atomic E-state index is 10.9. The number of carbonyl (C=O) groups excluding carboxylic acids is 1. The number of ether oxygens (including phenoxy) is 2. The highest BCUT2D eigenvalue weighted by molar-refractivity contribution is 5.59. The van der Waals surface area contributed by atoms with Crippen LogP contribution in [0, 0.1) is 5.92 Å². The van der Waals surface area contributed by atoms with Crippen molar-refractivity contribution in [3.8, 4) is 0 Å². The topological polar surface area (TPSA) is 38.8 Å². The first kappa shape index (κ1) is 8.81. The zero-order chi connectivity index (χ0) is 9.26. The van der Waals surface area contributed by atoms with Gasteiger partial charge in [0.1, 0.15) is 6.10 Å². The van der Waals surface area contributed by atoms with Gasteiger partial charge in [0.05, 0.1) is 7.11 Å². The highest BCUT2D eigenvalue weighted by Crippen LogP contribution is 2.29. The molecule has 13 heavy (non-hydrogen) atoms. The molecule has 3 aliphatic heterocycles. The molecule has 0 amide bonds. The predicted molar refractivity (Wildman–Crippen MR) is 46.4 cm³/mol. The van der Waals surface area contributed by atoms with E-state index in [1.54, 1.807) is 0 Å². The molecule has 74 valence electrons. The van der Waals surface area contributed by atoms with Crippen molar-refractivity contribution in [1.82, 2.24) is 4.90 Å². The fraction of sp³-hybridized carbons (Fsp3) is 0.889. The Morgan fingerprint density at radius 2 is 2.08 bits per heavy atom. The Morgan fingerprint density at radius 3 is 2.54 bits per heavy atom. The summed E-state index contributed by atoms with van der Waals surface area (Å²) < 4.78 is 9.65. The number of nitrogens with zero attached hydrogens (tertiary/aromatic N) is 1. The molecule has 0 radical (unpaired) electrons. The first-order valence-electron chi connectivity index (χ1n) is 4.76. The van der Waals surface area contributed by atoms with Crippen LogP contribution in [0.5, 0.6) is 0 Å². The highest BCUT2D eigenvalue weighted by atomic mass is 16.7. The van der Waals surface area contributed by atoms with Gasteiger partial charge in [0.2, 0.25) is 0 Å². The minimum absolute atomic E-state index is 0.0648. The third-order valence-electron chi connectivity index (χ3n) is 3.01. The van der Waals surface area contributed by atoms with E-state index in [0.717, 1.165) is 32.5 Å². The summed E-state index contributed by atoms with van der Waals surface area (Å²) in [6.07, 6.45) is 1.83. The number of rotatable bonds is 1. The summed E-state index contributed by atoms with van der Waals surface area (Å²) in [6, 6.07) is 0. The third kappa shape index (κ3) is 1.77. The summed E-state index contributed by atoms with van der Waals surface area (Å²) in [5.74, 6) is 0.559. The van der Waals surface area contributed by atoms with Gasteiger partial charge in [0, 0.05) is 6.54 Å². The number of methoxy groups -OCH3 is 1. The quantitative estimate of drug-likeness (QED) is 0.568. The van der Waals surface area contributed by atoms with Gasteiger partial charge in [-0.25, -0.2) is 4.79 Å². The molecule has 0 aliphatic carbocycles. The average molecular weight is 185 g/mol. The van der Waals surface area contributed by atoms with Crippen LogP contribution >= 0.6 is 0 Å². The number of carbonyl (C=O) groups is 1. The minimum atomic E-state index is -0.543. The van der Waals surface area contributed by atoms with Crippen molar-refractivity contribution in [1.29, 1.82) is 0 Å². The Labute approximate surface area is 77.8 Å². The molecular weight excluding hydrogens is 170 g/mol. The number of hydrogen-bond donors (Lipinski definition) is 0. The van der Waals surface area contributed by atoms with Crippen LogP contribution < -0.4 is 0 Å². The van der Waals surface area contributed by atoms with E-state index in [4.69, 9.17) is 4.74 Å². The Hall–Kier alpha value is -0.770. The van der Waals surface area contributed by atoms with Crippen molar-refractivity contribution in [3.63, 3.8) is 0 Å². The van der Waals surface area contributed by atoms with Crippen molar-refractivity contribution in [2.75, 3.05) is 26.7 Å². The van der Waals surface area contributed by atoms with Crippen LogP contribution in [0.1, 0.15) is 12.8 Å². The zero-order valence-corrected chi connectivity index (χ0v) is 7.86. The van der Waals surface area contributed by atoms with Crippen LogP contribution in [-0.2, 0) is 9.47 Å². The van der Waals surface area contributed by atoms with E-state index in [-0.39, 0.29) is 6.10 Å². The standard InChI is InChI=1S/C9H15NO3/c1-12-9(11)13-8-6-10-4-2-7(8)3-5-10/h7-8H,2-6H2,1H3/t8-/m0/s1. The first-order chi connectivity index (χ1) is 6.29. The lowest BCUT2D eigenvalue weighted by atomic mass is 9.86. The Kier molecular flexibility index (Phi) is 2.40. The fourth-order valence-electron chi connectivity index (χ4n) is 2.22. The van der Waals surface area contributed by atoms with Crippen LogP contribution in [0.25, 0.3) is 0 Å². The molecule has 1 atom stereocenters. The molecule has 3 fully saturated rings. The molecule has 0 aromatic heterocycles. The van der Waals surface area contributed by atoms with Crippen LogP contribution in [0.4, 0.5) is 4.79 Å². The van der Waals surface area contributed by atoms with Crippen molar-refractivity contribution in [2.45, 2.75) is 18.9 Å². The maximum Gasteiger partial charge on any atom is 0.508 e. The Bertz CT molecular complexity index is 199. The molecule has 4 nitrogen and oxygen atoms in total.